The molecule has 2 rings (SSSR count). The number of rotatable bonds is 4. The number of fused-ring (bicyclic) bond motifs is 1. The van der Waals surface area contributed by atoms with Crippen LogP contribution in [0.15, 0.2) is 24.5 Å². The number of carbonyl (C=O) groups excluding carboxylic acids is 1. The van der Waals surface area contributed by atoms with Crippen LogP contribution in [0.4, 0.5) is 4.39 Å². The summed E-state index contributed by atoms with van der Waals surface area (Å²) in [7, 11) is 0. The summed E-state index contributed by atoms with van der Waals surface area (Å²) < 4.78 is 23.5. The van der Waals surface area contributed by atoms with Crippen LogP contribution in [0.2, 0.25) is 0 Å². The molecule has 0 saturated carbocycles. The standard InChI is InChI=1S/C12H11FN2O3/c1-2-17-10(16)6-18-12-11-8(13)4-3-5-9(11)14-7-15-12/h3-5,7H,2,6H2,1H3. The van der Waals surface area contributed by atoms with E-state index in [2.05, 4.69) is 9.97 Å². The third kappa shape index (κ3) is 2.53. The molecule has 0 atom stereocenters. The Morgan fingerprint density at radius 1 is 1.39 bits per heavy atom. The lowest BCUT2D eigenvalue weighted by Crippen LogP contribution is -2.15. The van der Waals surface area contributed by atoms with Gasteiger partial charge in [-0.1, -0.05) is 6.07 Å². The molecule has 0 spiro atoms. The van der Waals surface area contributed by atoms with Crippen LogP contribution < -0.4 is 4.74 Å². The van der Waals surface area contributed by atoms with Crippen LogP contribution in [-0.4, -0.2) is 29.2 Å². The number of nitrogens with zero attached hydrogens (tertiary/aromatic N) is 2. The lowest BCUT2D eigenvalue weighted by Gasteiger charge is -2.07. The summed E-state index contributed by atoms with van der Waals surface area (Å²) >= 11 is 0. The van der Waals surface area contributed by atoms with Crippen molar-refractivity contribution in [1.82, 2.24) is 9.97 Å². The van der Waals surface area contributed by atoms with Gasteiger partial charge in [0.2, 0.25) is 5.88 Å². The first-order valence-electron chi connectivity index (χ1n) is 5.40. The predicted molar refractivity (Wildman–Crippen MR) is 61.6 cm³/mol. The van der Waals surface area contributed by atoms with Crippen molar-refractivity contribution in [2.75, 3.05) is 13.2 Å². The zero-order chi connectivity index (χ0) is 13.0. The van der Waals surface area contributed by atoms with Gasteiger partial charge in [0.05, 0.1) is 17.5 Å². The number of hydrogen-bond donors (Lipinski definition) is 0. The van der Waals surface area contributed by atoms with Crippen molar-refractivity contribution >= 4 is 16.9 Å². The molecule has 0 aliphatic heterocycles. The Hall–Kier alpha value is -2.24. The van der Waals surface area contributed by atoms with E-state index in [0.717, 1.165) is 0 Å². The fraction of sp³-hybridized carbons (Fsp3) is 0.250. The molecule has 0 bridgehead atoms. The summed E-state index contributed by atoms with van der Waals surface area (Å²) in [6.45, 7) is 1.65. The summed E-state index contributed by atoms with van der Waals surface area (Å²) in [5, 5.41) is 0.157. The van der Waals surface area contributed by atoms with Gasteiger partial charge in [0.15, 0.2) is 6.61 Å². The molecule has 0 amide bonds. The zero-order valence-corrected chi connectivity index (χ0v) is 9.72. The van der Waals surface area contributed by atoms with Gasteiger partial charge < -0.3 is 9.47 Å². The van der Waals surface area contributed by atoms with Crippen LogP contribution >= 0.6 is 0 Å². The molecule has 0 radical (unpaired) electrons. The minimum Gasteiger partial charge on any atom is -0.465 e. The molecule has 2 aromatic rings. The molecule has 0 saturated heterocycles. The monoisotopic (exact) mass is 250 g/mol. The number of ether oxygens (including phenoxy) is 2. The second kappa shape index (κ2) is 5.39. The van der Waals surface area contributed by atoms with E-state index in [-0.39, 0.29) is 24.5 Å². The molecule has 6 heteroatoms. The lowest BCUT2D eigenvalue weighted by molar-refractivity contribution is -0.145. The number of benzene rings is 1. The summed E-state index contributed by atoms with van der Waals surface area (Å²) in [6.07, 6.45) is 1.25. The zero-order valence-electron chi connectivity index (χ0n) is 9.72. The van der Waals surface area contributed by atoms with Gasteiger partial charge in [-0.3, -0.25) is 0 Å². The molecule has 1 aromatic carbocycles. The molecular formula is C12H11FN2O3. The number of halogens is 1. The van der Waals surface area contributed by atoms with Gasteiger partial charge in [-0.15, -0.1) is 0 Å². The summed E-state index contributed by atoms with van der Waals surface area (Å²) in [4.78, 5) is 18.9. The van der Waals surface area contributed by atoms with Crippen LogP contribution in [0.1, 0.15) is 6.92 Å². The van der Waals surface area contributed by atoms with Crippen LogP contribution in [0.25, 0.3) is 10.9 Å². The maximum absolute atomic E-state index is 13.6. The van der Waals surface area contributed by atoms with E-state index in [1.54, 1.807) is 19.1 Å². The fourth-order valence-corrected chi connectivity index (χ4v) is 1.48. The Morgan fingerprint density at radius 2 is 2.22 bits per heavy atom. The van der Waals surface area contributed by atoms with E-state index in [9.17, 15) is 9.18 Å². The van der Waals surface area contributed by atoms with Gasteiger partial charge in [-0.05, 0) is 19.1 Å². The van der Waals surface area contributed by atoms with E-state index < -0.39 is 11.8 Å². The quantitative estimate of drug-likeness (QED) is 0.773. The molecular weight excluding hydrogens is 239 g/mol. The van der Waals surface area contributed by atoms with Crippen LogP contribution in [0, 0.1) is 5.82 Å². The summed E-state index contributed by atoms with van der Waals surface area (Å²) in [6, 6.07) is 4.46. The molecule has 0 aliphatic carbocycles. The SMILES string of the molecule is CCOC(=O)COc1ncnc2cccc(F)c12. The van der Waals surface area contributed by atoms with E-state index >= 15 is 0 Å². The highest BCUT2D eigenvalue weighted by atomic mass is 19.1. The predicted octanol–water partition coefficient (Wildman–Crippen LogP) is 1.71. The van der Waals surface area contributed by atoms with E-state index in [0.29, 0.717) is 5.52 Å². The smallest absolute Gasteiger partial charge is 0.344 e. The molecule has 5 nitrogen and oxygen atoms in total. The molecule has 0 N–H and O–H groups in total. The molecule has 1 aromatic heterocycles. The Labute approximate surface area is 103 Å². The average Bonchev–Trinajstić information content (AvgIpc) is 2.37. The van der Waals surface area contributed by atoms with E-state index in [1.165, 1.54) is 12.4 Å². The highest BCUT2D eigenvalue weighted by Crippen LogP contribution is 2.23. The first-order valence-corrected chi connectivity index (χ1v) is 5.40. The van der Waals surface area contributed by atoms with Crippen molar-refractivity contribution in [3.05, 3.63) is 30.3 Å². The van der Waals surface area contributed by atoms with Gasteiger partial charge in [0.1, 0.15) is 12.1 Å². The molecule has 94 valence electrons. The lowest BCUT2D eigenvalue weighted by atomic mass is 10.2. The fourth-order valence-electron chi connectivity index (χ4n) is 1.48. The minimum atomic E-state index is -0.527. The first kappa shape index (κ1) is 12.2. The highest BCUT2D eigenvalue weighted by Gasteiger charge is 2.11. The number of carbonyl (C=O) groups is 1. The maximum Gasteiger partial charge on any atom is 0.344 e. The molecule has 0 unspecified atom stereocenters. The minimum absolute atomic E-state index is 0.0335. The van der Waals surface area contributed by atoms with Gasteiger partial charge in [-0.25, -0.2) is 19.2 Å². The van der Waals surface area contributed by atoms with Crippen molar-refractivity contribution in [3.63, 3.8) is 0 Å². The van der Waals surface area contributed by atoms with Crippen molar-refractivity contribution in [1.29, 1.82) is 0 Å². The third-order valence-corrected chi connectivity index (χ3v) is 2.21. The molecule has 18 heavy (non-hydrogen) atoms. The van der Waals surface area contributed by atoms with Crippen molar-refractivity contribution < 1.29 is 18.7 Å². The largest absolute Gasteiger partial charge is 0.465 e. The number of hydrogen-bond acceptors (Lipinski definition) is 5. The van der Waals surface area contributed by atoms with Gasteiger partial charge in [0, 0.05) is 0 Å². The summed E-state index contributed by atoms with van der Waals surface area (Å²) in [5.41, 5.74) is 0.420. The normalized spacial score (nSPS) is 10.3. The third-order valence-electron chi connectivity index (χ3n) is 2.21. The van der Waals surface area contributed by atoms with Gasteiger partial charge >= 0.3 is 5.97 Å². The molecule has 1 heterocycles. The highest BCUT2D eigenvalue weighted by molar-refractivity contribution is 5.84. The molecule has 0 fully saturated rings. The first-order chi connectivity index (χ1) is 8.72. The number of esters is 1. The Kier molecular flexibility index (Phi) is 3.66. The van der Waals surface area contributed by atoms with Gasteiger partial charge in [-0.2, -0.15) is 0 Å². The summed E-state index contributed by atoms with van der Waals surface area (Å²) in [5.74, 6) is -0.987. The Morgan fingerprint density at radius 3 is 3.00 bits per heavy atom. The Bertz CT molecular complexity index is 569. The van der Waals surface area contributed by atoms with Crippen molar-refractivity contribution in [2.45, 2.75) is 6.92 Å². The number of aromatic nitrogens is 2. The van der Waals surface area contributed by atoms with Crippen LogP contribution in [-0.2, 0) is 9.53 Å². The van der Waals surface area contributed by atoms with E-state index in [1.807, 2.05) is 0 Å². The molecule has 0 aliphatic rings. The second-order valence-electron chi connectivity index (χ2n) is 3.41. The Balaban J connectivity index is 2.25. The van der Waals surface area contributed by atoms with Crippen molar-refractivity contribution in [2.24, 2.45) is 0 Å². The van der Waals surface area contributed by atoms with Crippen molar-refractivity contribution in [3.8, 4) is 5.88 Å². The van der Waals surface area contributed by atoms with E-state index in [4.69, 9.17) is 9.47 Å². The average molecular weight is 250 g/mol. The second-order valence-corrected chi connectivity index (χ2v) is 3.41. The van der Waals surface area contributed by atoms with Gasteiger partial charge in [0.25, 0.3) is 0 Å². The topological polar surface area (TPSA) is 61.3 Å². The van der Waals surface area contributed by atoms with Crippen LogP contribution in [0.3, 0.4) is 0 Å². The maximum atomic E-state index is 13.6. The van der Waals surface area contributed by atoms with Crippen LogP contribution in [0.5, 0.6) is 5.88 Å².